The van der Waals surface area contributed by atoms with Gasteiger partial charge in [0.1, 0.15) is 0 Å². The molecule has 0 saturated carbocycles. The summed E-state index contributed by atoms with van der Waals surface area (Å²) in [6.07, 6.45) is 0. The van der Waals surface area contributed by atoms with E-state index in [1.54, 1.807) is 0 Å². The van der Waals surface area contributed by atoms with Crippen LogP contribution in [0, 0.1) is 0 Å². The minimum absolute atomic E-state index is 0.750. The third kappa shape index (κ3) is 0.752. The van der Waals surface area contributed by atoms with E-state index in [4.69, 9.17) is 0 Å². The predicted molar refractivity (Wildman–Crippen MR) is 35.9 cm³/mol. The number of hydrogen-bond acceptors (Lipinski definition) is 1. The van der Waals surface area contributed by atoms with E-state index >= 15 is 0 Å². The molecule has 1 aliphatic heterocycles. The van der Waals surface area contributed by atoms with Crippen molar-refractivity contribution in [2.75, 3.05) is 0 Å². The summed E-state index contributed by atoms with van der Waals surface area (Å²) in [5.74, 6) is 0. The topological polar surface area (TPSA) is 3.01 Å². The minimum atomic E-state index is 0.750. The van der Waals surface area contributed by atoms with Gasteiger partial charge in [-0.05, 0) is 27.7 Å². The van der Waals surface area contributed by atoms with Crippen LogP contribution in [0.2, 0.25) is 0 Å². The van der Waals surface area contributed by atoms with E-state index in [1.165, 1.54) is 0 Å². The van der Waals surface area contributed by atoms with Crippen molar-refractivity contribution in [2.45, 2.75) is 45.8 Å². The molecule has 1 saturated heterocycles. The van der Waals surface area contributed by atoms with E-state index in [1.807, 2.05) is 0 Å². The minimum Gasteiger partial charge on any atom is -0.293 e. The second-order valence-corrected chi connectivity index (χ2v) is 3.02. The molecule has 0 spiro atoms. The Kier molecular flexibility index (Phi) is 1.31. The summed E-state index contributed by atoms with van der Waals surface area (Å²) < 4.78 is 0. The molecular weight excluding hydrogens is 98.1 g/mol. The van der Waals surface area contributed by atoms with Crippen molar-refractivity contribution in [3.63, 3.8) is 0 Å². The molecule has 1 fully saturated rings. The second kappa shape index (κ2) is 1.73. The van der Waals surface area contributed by atoms with E-state index in [-0.39, 0.29) is 0 Å². The van der Waals surface area contributed by atoms with E-state index in [9.17, 15) is 0 Å². The summed E-state index contributed by atoms with van der Waals surface area (Å²) >= 11 is 0. The highest BCUT2D eigenvalue weighted by molar-refractivity contribution is 4.97. The molecule has 8 heavy (non-hydrogen) atoms. The zero-order valence-electron chi connectivity index (χ0n) is 6.18. The molecule has 1 heteroatoms. The summed E-state index contributed by atoms with van der Waals surface area (Å²) in [6.45, 7) is 9.06. The zero-order valence-corrected chi connectivity index (χ0v) is 6.18. The van der Waals surface area contributed by atoms with Crippen LogP contribution in [0.5, 0.6) is 0 Å². The van der Waals surface area contributed by atoms with Crippen molar-refractivity contribution in [1.82, 2.24) is 4.90 Å². The van der Waals surface area contributed by atoms with Gasteiger partial charge in [0.15, 0.2) is 0 Å². The molecule has 48 valence electrons. The van der Waals surface area contributed by atoms with Crippen LogP contribution in [0.3, 0.4) is 0 Å². The fourth-order valence-corrected chi connectivity index (χ4v) is 1.47. The first-order valence-corrected chi connectivity index (χ1v) is 3.42. The van der Waals surface area contributed by atoms with Gasteiger partial charge in [-0.15, -0.1) is 0 Å². The smallest absolute Gasteiger partial charge is 0.0227 e. The Bertz CT molecular complexity index is 73.6. The standard InChI is InChI=1S/C7H15N/c1-5(2)8-6(3)7(8)4/h5-7H,1-4H3. The van der Waals surface area contributed by atoms with Gasteiger partial charge in [-0.1, -0.05) is 0 Å². The fraction of sp³-hybridized carbons (Fsp3) is 1.00. The van der Waals surface area contributed by atoms with Gasteiger partial charge in [-0.25, -0.2) is 0 Å². The first kappa shape index (κ1) is 6.09. The van der Waals surface area contributed by atoms with Crippen LogP contribution in [-0.4, -0.2) is 23.0 Å². The summed E-state index contributed by atoms with van der Waals surface area (Å²) in [6, 6.07) is 2.44. The lowest BCUT2D eigenvalue weighted by molar-refractivity contribution is 0.408. The Morgan fingerprint density at radius 2 is 1.50 bits per heavy atom. The molecule has 0 bridgehead atoms. The Morgan fingerprint density at radius 1 is 1.12 bits per heavy atom. The van der Waals surface area contributed by atoms with Crippen molar-refractivity contribution in [2.24, 2.45) is 0 Å². The summed E-state index contributed by atoms with van der Waals surface area (Å²) in [7, 11) is 0. The van der Waals surface area contributed by atoms with Gasteiger partial charge in [0.2, 0.25) is 0 Å². The number of rotatable bonds is 1. The molecule has 0 N–H and O–H groups in total. The molecule has 0 aromatic carbocycles. The lowest BCUT2D eigenvalue weighted by Gasteiger charge is -2.04. The van der Waals surface area contributed by atoms with Crippen molar-refractivity contribution in [1.29, 1.82) is 0 Å². The third-order valence-electron chi connectivity index (χ3n) is 2.15. The van der Waals surface area contributed by atoms with Crippen molar-refractivity contribution in [3.8, 4) is 0 Å². The summed E-state index contributed by atoms with van der Waals surface area (Å²) in [5, 5.41) is 0. The highest BCUT2D eigenvalue weighted by Crippen LogP contribution is 2.29. The van der Waals surface area contributed by atoms with Gasteiger partial charge < -0.3 is 0 Å². The Hall–Kier alpha value is -0.0400. The molecular formula is C7H15N. The Balaban J connectivity index is 2.33. The van der Waals surface area contributed by atoms with Crippen LogP contribution < -0.4 is 0 Å². The molecule has 1 aliphatic rings. The average Bonchev–Trinajstić information content (AvgIpc) is 2.15. The molecule has 0 aromatic rings. The van der Waals surface area contributed by atoms with Crippen LogP contribution in [0.25, 0.3) is 0 Å². The first-order valence-electron chi connectivity index (χ1n) is 3.42. The molecule has 1 nitrogen and oxygen atoms in total. The molecule has 0 amide bonds. The quantitative estimate of drug-likeness (QED) is 0.465. The van der Waals surface area contributed by atoms with Crippen LogP contribution in [0.15, 0.2) is 0 Å². The van der Waals surface area contributed by atoms with Crippen molar-refractivity contribution < 1.29 is 0 Å². The van der Waals surface area contributed by atoms with Gasteiger partial charge in [0.25, 0.3) is 0 Å². The highest BCUT2D eigenvalue weighted by Gasteiger charge is 2.40. The van der Waals surface area contributed by atoms with Gasteiger partial charge in [-0.2, -0.15) is 0 Å². The predicted octanol–water partition coefficient (Wildman–Crippen LogP) is 1.49. The average molecular weight is 113 g/mol. The van der Waals surface area contributed by atoms with Crippen LogP contribution in [-0.2, 0) is 0 Å². The van der Waals surface area contributed by atoms with Gasteiger partial charge in [0.05, 0.1) is 0 Å². The SMILES string of the molecule is CC(C)N1C(C)C1C. The van der Waals surface area contributed by atoms with Crippen LogP contribution in [0.4, 0.5) is 0 Å². The maximum Gasteiger partial charge on any atom is 0.0227 e. The lowest BCUT2D eigenvalue weighted by atomic mass is 10.4. The van der Waals surface area contributed by atoms with E-state index < -0.39 is 0 Å². The normalized spacial score (nSPS) is 45.4. The van der Waals surface area contributed by atoms with Gasteiger partial charge >= 0.3 is 0 Å². The van der Waals surface area contributed by atoms with Crippen LogP contribution in [0.1, 0.15) is 27.7 Å². The number of nitrogens with zero attached hydrogens (tertiary/aromatic N) is 1. The monoisotopic (exact) mass is 113 g/mol. The Morgan fingerprint density at radius 3 is 1.50 bits per heavy atom. The van der Waals surface area contributed by atoms with E-state index in [0.717, 1.165) is 18.1 Å². The molecule has 0 aromatic heterocycles. The summed E-state index contributed by atoms with van der Waals surface area (Å²) in [5.41, 5.74) is 0. The molecule has 2 atom stereocenters. The maximum absolute atomic E-state index is 2.50. The molecule has 0 aliphatic carbocycles. The molecule has 2 unspecified atom stereocenters. The Labute approximate surface area is 51.7 Å². The van der Waals surface area contributed by atoms with Crippen molar-refractivity contribution in [3.05, 3.63) is 0 Å². The maximum atomic E-state index is 2.50. The molecule has 0 radical (unpaired) electrons. The number of hydrogen-bond donors (Lipinski definition) is 0. The highest BCUT2D eigenvalue weighted by atomic mass is 15.4. The largest absolute Gasteiger partial charge is 0.293 e. The zero-order chi connectivity index (χ0) is 6.31. The van der Waals surface area contributed by atoms with E-state index in [2.05, 4.69) is 32.6 Å². The first-order chi connectivity index (χ1) is 3.64. The fourth-order valence-electron chi connectivity index (χ4n) is 1.47. The third-order valence-corrected chi connectivity index (χ3v) is 2.15. The van der Waals surface area contributed by atoms with Crippen molar-refractivity contribution >= 4 is 0 Å². The lowest BCUT2D eigenvalue weighted by Crippen LogP contribution is -2.11. The van der Waals surface area contributed by atoms with Gasteiger partial charge in [-0.3, -0.25) is 4.90 Å². The summed E-state index contributed by atoms with van der Waals surface area (Å²) in [4.78, 5) is 2.50. The van der Waals surface area contributed by atoms with Crippen LogP contribution >= 0.6 is 0 Å². The van der Waals surface area contributed by atoms with E-state index in [0.29, 0.717) is 0 Å². The molecule has 1 heterocycles. The van der Waals surface area contributed by atoms with Gasteiger partial charge in [0, 0.05) is 18.1 Å². The second-order valence-electron chi connectivity index (χ2n) is 3.02. The molecule has 1 rings (SSSR count).